The maximum absolute atomic E-state index is 8.75. The predicted octanol–water partition coefficient (Wildman–Crippen LogP) is 2.21. The molecular weight excluding hydrogens is 176 g/mol. The lowest BCUT2D eigenvalue weighted by atomic mass is 9.67. The highest BCUT2D eigenvalue weighted by molar-refractivity contribution is 4.87. The van der Waals surface area contributed by atoms with Crippen LogP contribution in [0.4, 0.5) is 0 Å². The molecule has 0 spiro atoms. The van der Waals surface area contributed by atoms with E-state index in [1.54, 1.807) is 0 Å². The second kappa shape index (κ2) is 4.63. The first-order valence-corrected chi connectivity index (χ1v) is 6.02. The Kier molecular flexibility index (Phi) is 3.45. The summed E-state index contributed by atoms with van der Waals surface area (Å²) in [6, 6.07) is 0. The summed E-state index contributed by atoms with van der Waals surface area (Å²) in [7, 11) is 0. The van der Waals surface area contributed by atoms with Crippen molar-refractivity contribution in [2.75, 3.05) is 13.2 Å². The summed E-state index contributed by atoms with van der Waals surface area (Å²) in [5.41, 5.74) is 0. The van der Waals surface area contributed by atoms with Crippen molar-refractivity contribution in [1.82, 2.24) is 0 Å². The first-order chi connectivity index (χ1) is 6.79. The number of hydrogen-bond donors (Lipinski definition) is 1. The van der Waals surface area contributed by atoms with E-state index in [0.29, 0.717) is 12.7 Å². The van der Waals surface area contributed by atoms with Crippen LogP contribution in [0.1, 0.15) is 39.0 Å². The SMILES string of the molecule is CC1CC2CCC(OCCO)C(C1)C2. The molecule has 0 heterocycles. The van der Waals surface area contributed by atoms with Crippen molar-refractivity contribution in [2.24, 2.45) is 17.8 Å². The summed E-state index contributed by atoms with van der Waals surface area (Å²) in [5.74, 6) is 2.64. The van der Waals surface area contributed by atoms with Gasteiger partial charge in [0.25, 0.3) is 0 Å². The van der Waals surface area contributed by atoms with Gasteiger partial charge in [0.2, 0.25) is 0 Å². The van der Waals surface area contributed by atoms with E-state index in [4.69, 9.17) is 9.84 Å². The Morgan fingerprint density at radius 2 is 2.07 bits per heavy atom. The highest BCUT2D eigenvalue weighted by Crippen LogP contribution is 2.43. The van der Waals surface area contributed by atoms with Gasteiger partial charge in [-0.15, -0.1) is 0 Å². The second-order valence-corrected chi connectivity index (χ2v) is 5.15. The van der Waals surface area contributed by atoms with Crippen molar-refractivity contribution in [3.05, 3.63) is 0 Å². The third-order valence-corrected chi connectivity index (χ3v) is 3.89. The van der Waals surface area contributed by atoms with Gasteiger partial charge in [0.15, 0.2) is 0 Å². The van der Waals surface area contributed by atoms with Crippen LogP contribution >= 0.6 is 0 Å². The molecule has 1 N–H and O–H groups in total. The van der Waals surface area contributed by atoms with E-state index in [2.05, 4.69) is 6.92 Å². The smallest absolute Gasteiger partial charge is 0.0701 e. The maximum Gasteiger partial charge on any atom is 0.0701 e. The molecule has 0 aromatic heterocycles. The molecule has 2 fully saturated rings. The van der Waals surface area contributed by atoms with Crippen molar-refractivity contribution in [1.29, 1.82) is 0 Å². The van der Waals surface area contributed by atoms with Gasteiger partial charge < -0.3 is 9.84 Å². The Morgan fingerprint density at radius 3 is 2.86 bits per heavy atom. The summed E-state index contributed by atoms with van der Waals surface area (Å²) in [4.78, 5) is 0. The average molecular weight is 198 g/mol. The van der Waals surface area contributed by atoms with Gasteiger partial charge in [0.05, 0.1) is 19.3 Å². The van der Waals surface area contributed by atoms with Gasteiger partial charge in [-0.2, -0.15) is 0 Å². The van der Waals surface area contributed by atoms with Crippen molar-refractivity contribution in [3.63, 3.8) is 0 Å². The van der Waals surface area contributed by atoms with Crippen molar-refractivity contribution in [3.8, 4) is 0 Å². The zero-order valence-corrected chi connectivity index (χ0v) is 9.11. The van der Waals surface area contributed by atoms with Crippen LogP contribution in [0.25, 0.3) is 0 Å². The molecule has 2 bridgehead atoms. The maximum atomic E-state index is 8.75. The number of fused-ring (bicyclic) bond motifs is 2. The van der Waals surface area contributed by atoms with Crippen LogP contribution in [0, 0.1) is 17.8 Å². The van der Waals surface area contributed by atoms with Crippen LogP contribution in [-0.4, -0.2) is 24.4 Å². The summed E-state index contributed by atoms with van der Waals surface area (Å²) >= 11 is 0. The van der Waals surface area contributed by atoms with Gasteiger partial charge in [-0.05, 0) is 49.9 Å². The van der Waals surface area contributed by atoms with E-state index in [-0.39, 0.29) is 6.61 Å². The minimum atomic E-state index is 0.169. The number of rotatable bonds is 3. The topological polar surface area (TPSA) is 29.5 Å². The summed E-state index contributed by atoms with van der Waals surface area (Å²) < 4.78 is 5.72. The molecule has 0 radical (unpaired) electrons. The molecule has 2 rings (SSSR count). The van der Waals surface area contributed by atoms with E-state index in [0.717, 1.165) is 17.8 Å². The third kappa shape index (κ3) is 2.29. The zero-order valence-electron chi connectivity index (χ0n) is 9.11. The van der Waals surface area contributed by atoms with Crippen LogP contribution in [0.3, 0.4) is 0 Å². The molecule has 2 heteroatoms. The van der Waals surface area contributed by atoms with Crippen LogP contribution in [-0.2, 0) is 4.74 Å². The Morgan fingerprint density at radius 1 is 1.21 bits per heavy atom. The van der Waals surface area contributed by atoms with Crippen LogP contribution in [0.2, 0.25) is 0 Å². The minimum Gasteiger partial charge on any atom is -0.394 e. The average Bonchev–Trinajstić information content (AvgIpc) is 2.16. The molecule has 0 amide bonds. The Bertz CT molecular complexity index is 177. The van der Waals surface area contributed by atoms with Gasteiger partial charge >= 0.3 is 0 Å². The van der Waals surface area contributed by atoms with Crippen LogP contribution in [0.15, 0.2) is 0 Å². The molecule has 2 aliphatic rings. The van der Waals surface area contributed by atoms with Crippen LogP contribution < -0.4 is 0 Å². The zero-order chi connectivity index (χ0) is 9.97. The molecule has 4 unspecified atom stereocenters. The molecule has 4 atom stereocenters. The lowest BCUT2D eigenvalue weighted by Crippen LogP contribution is -2.37. The first kappa shape index (κ1) is 10.4. The van der Waals surface area contributed by atoms with E-state index < -0.39 is 0 Å². The fourth-order valence-corrected chi connectivity index (χ4v) is 3.40. The molecular formula is C12H22O2. The molecule has 82 valence electrons. The molecule has 0 saturated heterocycles. The van der Waals surface area contributed by atoms with E-state index in [9.17, 15) is 0 Å². The second-order valence-electron chi connectivity index (χ2n) is 5.15. The Balaban J connectivity index is 1.87. The molecule has 0 aliphatic heterocycles. The highest BCUT2D eigenvalue weighted by atomic mass is 16.5. The van der Waals surface area contributed by atoms with Gasteiger partial charge in [0, 0.05) is 0 Å². The quantitative estimate of drug-likeness (QED) is 0.753. The monoisotopic (exact) mass is 198 g/mol. The molecule has 14 heavy (non-hydrogen) atoms. The largest absolute Gasteiger partial charge is 0.394 e. The van der Waals surface area contributed by atoms with E-state index in [1.807, 2.05) is 0 Å². The number of hydrogen-bond acceptors (Lipinski definition) is 2. The first-order valence-electron chi connectivity index (χ1n) is 6.02. The van der Waals surface area contributed by atoms with Crippen molar-refractivity contribution in [2.45, 2.75) is 45.1 Å². The summed E-state index contributed by atoms with van der Waals surface area (Å²) in [6.45, 7) is 3.07. The highest BCUT2D eigenvalue weighted by Gasteiger charge is 2.36. The van der Waals surface area contributed by atoms with Gasteiger partial charge in [-0.1, -0.05) is 6.92 Å². The normalized spacial score (nSPS) is 42.4. The fraction of sp³-hybridized carbons (Fsp3) is 1.00. The predicted molar refractivity (Wildman–Crippen MR) is 56.1 cm³/mol. The Hall–Kier alpha value is -0.0800. The summed E-state index contributed by atoms with van der Waals surface area (Å²) in [6.07, 6.45) is 7.16. The molecule has 2 nitrogen and oxygen atoms in total. The van der Waals surface area contributed by atoms with Crippen LogP contribution in [0.5, 0.6) is 0 Å². The third-order valence-electron chi connectivity index (χ3n) is 3.89. The minimum absolute atomic E-state index is 0.169. The number of ether oxygens (including phenoxy) is 1. The molecule has 2 aliphatic carbocycles. The lowest BCUT2D eigenvalue weighted by molar-refractivity contribution is -0.0568. The van der Waals surface area contributed by atoms with Crippen molar-refractivity contribution >= 4 is 0 Å². The molecule has 0 aromatic carbocycles. The van der Waals surface area contributed by atoms with Gasteiger partial charge in [-0.3, -0.25) is 0 Å². The van der Waals surface area contributed by atoms with Crippen molar-refractivity contribution < 1.29 is 9.84 Å². The molecule has 0 aromatic rings. The number of aliphatic hydroxyl groups is 1. The standard InChI is InChI=1S/C12H22O2/c1-9-6-10-2-3-12(14-5-4-13)11(7-9)8-10/h9-13H,2-8H2,1H3. The lowest BCUT2D eigenvalue weighted by Gasteiger charge is -2.42. The Labute approximate surface area is 86.6 Å². The van der Waals surface area contributed by atoms with Gasteiger partial charge in [-0.25, -0.2) is 0 Å². The molecule has 2 saturated carbocycles. The van der Waals surface area contributed by atoms with Gasteiger partial charge in [0.1, 0.15) is 0 Å². The van der Waals surface area contributed by atoms with E-state index >= 15 is 0 Å². The van der Waals surface area contributed by atoms with E-state index in [1.165, 1.54) is 32.1 Å². The number of aliphatic hydroxyl groups excluding tert-OH is 1. The summed E-state index contributed by atoms with van der Waals surface area (Å²) in [5, 5.41) is 8.75. The fourth-order valence-electron chi connectivity index (χ4n) is 3.40.